The summed E-state index contributed by atoms with van der Waals surface area (Å²) in [6.07, 6.45) is 7.24. The third kappa shape index (κ3) is 5.08. The number of amides is 1. The summed E-state index contributed by atoms with van der Waals surface area (Å²) in [5.41, 5.74) is 0. The number of carbonyl (C=O) groups is 1. The summed E-state index contributed by atoms with van der Waals surface area (Å²) in [7, 11) is 1.90. The van der Waals surface area contributed by atoms with E-state index in [4.69, 9.17) is 4.74 Å². The fourth-order valence-electron chi connectivity index (χ4n) is 4.01. The van der Waals surface area contributed by atoms with Gasteiger partial charge >= 0.3 is 0 Å². The van der Waals surface area contributed by atoms with Crippen LogP contribution in [0.5, 0.6) is 5.75 Å². The number of likely N-dealkylation sites (tertiary alicyclic amines) is 1. The molecule has 140 valence electrons. The summed E-state index contributed by atoms with van der Waals surface area (Å²) in [5.74, 6) is 0.217. The van der Waals surface area contributed by atoms with Crippen LogP contribution in [0.3, 0.4) is 0 Å². The van der Waals surface area contributed by atoms with Crippen LogP contribution in [0.1, 0.15) is 38.5 Å². The number of benzene rings is 1. The molecule has 1 aliphatic heterocycles. The summed E-state index contributed by atoms with van der Waals surface area (Å²) < 4.78 is 18.4. The van der Waals surface area contributed by atoms with Gasteiger partial charge in [0.25, 0.3) is 5.91 Å². The molecule has 1 heterocycles. The summed E-state index contributed by atoms with van der Waals surface area (Å²) in [6, 6.07) is 6.55. The molecule has 2 atom stereocenters. The Kier molecular flexibility index (Phi) is 7.51. The SMILES string of the molecule is CN(C(=O)COc1ccc(F)cc1)[C@@H]1CCCC[C@H]1N1CCCC1.Cl. The number of ether oxygens (including phenoxy) is 1. The molecular formula is C19H28ClFN2O2. The number of carbonyl (C=O) groups excluding carboxylic acids is 1. The number of likely N-dealkylation sites (N-methyl/N-ethyl adjacent to an activating group) is 1. The average molecular weight is 371 g/mol. The number of halogens is 2. The minimum atomic E-state index is -0.304. The molecule has 1 saturated heterocycles. The first-order chi connectivity index (χ1) is 11.6. The molecule has 2 fully saturated rings. The van der Waals surface area contributed by atoms with E-state index in [1.165, 1.54) is 44.2 Å². The molecule has 2 aliphatic rings. The molecule has 0 N–H and O–H groups in total. The zero-order chi connectivity index (χ0) is 16.9. The average Bonchev–Trinajstić information content (AvgIpc) is 3.15. The molecule has 1 aromatic carbocycles. The van der Waals surface area contributed by atoms with Gasteiger partial charge in [-0.2, -0.15) is 0 Å². The van der Waals surface area contributed by atoms with Crippen LogP contribution in [0, 0.1) is 5.82 Å². The van der Waals surface area contributed by atoms with Crippen molar-refractivity contribution in [1.29, 1.82) is 0 Å². The normalized spacial score (nSPS) is 23.8. The van der Waals surface area contributed by atoms with Crippen LogP contribution in [0.4, 0.5) is 4.39 Å². The van der Waals surface area contributed by atoms with Crippen molar-refractivity contribution in [1.82, 2.24) is 9.80 Å². The van der Waals surface area contributed by atoms with E-state index in [0.29, 0.717) is 11.8 Å². The third-order valence-corrected chi connectivity index (χ3v) is 5.37. The van der Waals surface area contributed by atoms with Gasteiger partial charge in [0.15, 0.2) is 6.61 Å². The Morgan fingerprint density at radius 1 is 1.16 bits per heavy atom. The molecule has 0 radical (unpaired) electrons. The van der Waals surface area contributed by atoms with E-state index in [1.807, 2.05) is 11.9 Å². The lowest BCUT2D eigenvalue weighted by molar-refractivity contribution is -0.136. The van der Waals surface area contributed by atoms with Crippen molar-refractivity contribution in [2.45, 2.75) is 50.6 Å². The maximum atomic E-state index is 12.9. The largest absolute Gasteiger partial charge is 0.484 e. The second-order valence-corrected chi connectivity index (χ2v) is 6.91. The van der Waals surface area contributed by atoms with Gasteiger partial charge in [-0.15, -0.1) is 12.4 Å². The number of hydrogen-bond donors (Lipinski definition) is 0. The van der Waals surface area contributed by atoms with E-state index in [9.17, 15) is 9.18 Å². The smallest absolute Gasteiger partial charge is 0.260 e. The van der Waals surface area contributed by atoms with Crippen LogP contribution in [0.15, 0.2) is 24.3 Å². The van der Waals surface area contributed by atoms with Gasteiger partial charge in [0.2, 0.25) is 0 Å². The molecule has 1 amide bonds. The van der Waals surface area contributed by atoms with E-state index in [-0.39, 0.29) is 36.8 Å². The van der Waals surface area contributed by atoms with Crippen molar-refractivity contribution in [3.8, 4) is 5.75 Å². The monoisotopic (exact) mass is 370 g/mol. The molecule has 0 bridgehead atoms. The Morgan fingerprint density at radius 2 is 1.80 bits per heavy atom. The molecule has 4 nitrogen and oxygen atoms in total. The highest BCUT2D eigenvalue weighted by atomic mass is 35.5. The Balaban J connectivity index is 0.00000225. The fraction of sp³-hybridized carbons (Fsp3) is 0.632. The van der Waals surface area contributed by atoms with Crippen molar-refractivity contribution >= 4 is 18.3 Å². The van der Waals surface area contributed by atoms with Gasteiger partial charge < -0.3 is 9.64 Å². The summed E-state index contributed by atoms with van der Waals surface area (Å²) in [6.45, 7) is 2.33. The molecule has 1 aliphatic carbocycles. The van der Waals surface area contributed by atoms with Gasteiger partial charge in [-0.25, -0.2) is 4.39 Å². The highest BCUT2D eigenvalue weighted by Gasteiger charge is 2.35. The maximum absolute atomic E-state index is 12.9. The van der Waals surface area contributed by atoms with Gasteiger partial charge in [0.05, 0.1) is 0 Å². The number of hydrogen-bond acceptors (Lipinski definition) is 3. The van der Waals surface area contributed by atoms with Crippen molar-refractivity contribution in [2.24, 2.45) is 0 Å². The van der Waals surface area contributed by atoms with Gasteiger partial charge in [-0.3, -0.25) is 9.69 Å². The summed E-state index contributed by atoms with van der Waals surface area (Å²) >= 11 is 0. The molecule has 6 heteroatoms. The van der Waals surface area contributed by atoms with Crippen LogP contribution in [-0.4, -0.2) is 54.5 Å². The molecule has 1 aromatic rings. The molecule has 0 aromatic heterocycles. The van der Waals surface area contributed by atoms with Crippen molar-refractivity contribution in [3.05, 3.63) is 30.1 Å². The zero-order valence-corrected chi connectivity index (χ0v) is 15.6. The van der Waals surface area contributed by atoms with Gasteiger partial charge in [0, 0.05) is 19.1 Å². The highest BCUT2D eigenvalue weighted by Crippen LogP contribution is 2.29. The zero-order valence-electron chi connectivity index (χ0n) is 14.8. The van der Waals surface area contributed by atoms with Crippen molar-refractivity contribution in [2.75, 3.05) is 26.7 Å². The molecule has 1 saturated carbocycles. The quantitative estimate of drug-likeness (QED) is 0.795. The van der Waals surface area contributed by atoms with Gasteiger partial charge in [-0.1, -0.05) is 12.8 Å². The van der Waals surface area contributed by atoms with Crippen molar-refractivity contribution in [3.63, 3.8) is 0 Å². The topological polar surface area (TPSA) is 32.8 Å². The van der Waals surface area contributed by atoms with Crippen LogP contribution in [0.25, 0.3) is 0 Å². The Labute approximate surface area is 155 Å². The first kappa shape index (κ1) is 20.0. The second-order valence-electron chi connectivity index (χ2n) is 6.91. The molecule has 3 rings (SSSR count). The first-order valence-corrected chi connectivity index (χ1v) is 9.03. The Bertz CT molecular complexity index is 549. The standard InChI is InChI=1S/C19H27FN2O2.ClH/c1-21(19(23)14-24-16-10-8-15(20)9-11-16)17-6-2-3-7-18(17)22-12-4-5-13-22;/h8-11,17-18H,2-7,12-14H2,1H3;1H/t17-,18-;/m1./s1. The van der Waals surface area contributed by atoms with E-state index < -0.39 is 0 Å². The number of rotatable bonds is 5. The highest BCUT2D eigenvalue weighted by molar-refractivity contribution is 5.85. The predicted octanol–water partition coefficient (Wildman–Crippen LogP) is 3.49. The Hall–Kier alpha value is -1.33. The molecule has 0 unspecified atom stereocenters. The van der Waals surface area contributed by atoms with Crippen LogP contribution in [-0.2, 0) is 4.79 Å². The summed E-state index contributed by atoms with van der Waals surface area (Å²) in [4.78, 5) is 17.0. The van der Waals surface area contributed by atoms with Gasteiger partial charge in [0.1, 0.15) is 11.6 Å². The lowest BCUT2D eigenvalue weighted by Crippen LogP contribution is -2.53. The van der Waals surface area contributed by atoms with E-state index in [0.717, 1.165) is 19.5 Å². The van der Waals surface area contributed by atoms with Crippen LogP contribution >= 0.6 is 12.4 Å². The lowest BCUT2D eigenvalue weighted by Gasteiger charge is -2.42. The molecule has 25 heavy (non-hydrogen) atoms. The summed E-state index contributed by atoms with van der Waals surface area (Å²) in [5, 5.41) is 0. The molecular weight excluding hydrogens is 343 g/mol. The lowest BCUT2D eigenvalue weighted by atomic mass is 9.88. The van der Waals surface area contributed by atoms with Gasteiger partial charge in [-0.05, 0) is 63.0 Å². The fourth-order valence-corrected chi connectivity index (χ4v) is 4.01. The Morgan fingerprint density at radius 3 is 2.48 bits per heavy atom. The number of nitrogens with zero attached hydrogens (tertiary/aromatic N) is 2. The van der Waals surface area contributed by atoms with Crippen LogP contribution in [0.2, 0.25) is 0 Å². The first-order valence-electron chi connectivity index (χ1n) is 9.03. The van der Waals surface area contributed by atoms with Crippen LogP contribution < -0.4 is 4.74 Å². The second kappa shape index (κ2) is 9.39. The predicted molar refractivity (Wildman–Crippen MR) is 98.8 cm³/mol. The molecule has 0 spiro atoms. The van der Waals surface area contributed by atoms with Crippen molar-refractivity contribution < 1.29 is 13.9 Å². The minimum absolute atomic E-state index is 0. The third-order valence-electron chi connectivity index (χ3n) is 5.37. The minimum Gasteiger partial charge on any atom is -0.484 e. The van der Waals surface area contributed by atoms with E-state index in [1.54, 1.807) is 12.1 Å². The van der Waals surface area contributed by atoms with E-state index in [2.05, 4.69) is 4.90 Å². The maximum Gasteiger partial charge on any atom is 0.260 e. The van der Waals surface area contributed by atoms with E-state index >= 15 is 0 Å².